The molecule has 0 aliphatic rings. The Morgan fingerprint density at radius 1 is 0.921 bits per heavy atom. The number of fused-ring (bicyclic) bond motifs is 1. The fourth-order valence-corrected chi connectivity index (χ4v) is 4.59. The molecule has 4 aromatic rings. The van der Waals surface area contributed by atoms with Gasteiger partial charge in [-0.25, -0.2) is 4.39 Å². The number of H-pyrrole nitrogens is 1. The van der Waals surface area contributed by atoms with Gasteiger partial charge in [-0.2, -0.15) is 0 Å². The maximum absolute atomic E-state index is 13.7. The number of nitrogens with zero attached hydrogens (tertiary/aromatic N) is 2. The van der Waals surface area contributed by atoms with Gasteiger partial charge in [0.1, 0.15) is 12.4 Å². The number of hydrogen-bond acceptors (Lipinski definition) is 3. The second kappa shape index (κ2) is 13.0. The normalized spacial score (nSPS) is 11.0. The molecule has 0 aliphatic carbocycles. The van der Waals surface area contributed by atoms with Crippen molar-refractivity contribution >= 4 is 22.7 Å². The summed E-state index contributed by atoms with van der Waals surface area (Å²) in [7, 11) is 1.62. The van der Waals surface area contributed by atoms with Crippen LogP contribution in [0, 0.1) is 12.7 Å². The summed E-state index contributed by atoms with van der Waals surface area (Å²) >= 11 is 0. The van der Waals surface area contributed by atoms with Gasteiger partial charge in [-0.05, 0) is 60.7 Å². The highest BCUT2D eigenvalue weighted by Crippen LogP contribution is 2.19. The van der Waals surface area contributed by atoms with E-state index < -0.39 is 0 Å². The summed E-state index contributed by atoms with van der Waals surface area (Å²) in [4.78, 5) is 33.8. The number of amides is 2. The average Bonchev–Trinajstić information content (AvgIpc) is 3.34. The molecule has 1 aromatic heterocycles. The largest absolute Gasteiger partial charge is 0.385 e. The van der Waals surface area contributed by atoms with E-state index in [0.717, 1.165) is 27.6 Å². The first kappa shape index (κ1) is 27.1. The van der Waals surface area contributed by atoms with Gasteiger partial charge in [-0.3, -0.25) is 9.59 Å². The van der Waals surface area contributed by atoms with E-state index in [1.807, 2.05) is 49.5 Å². The number of benzene rings is 3. The molecule has 198 valence electrons. The van der Waals surface area contributed by atoms with Gasteiger partial charge in [0.25, 0.3) is 5.91 Å². The van der Waals surface area contributed by atoms with Crippen LogP contribution in [-0.4, -0.2) is 59.9 Å². The lowest BCUT2D eigenvalue weighted by Crippen LogP contribution is -2.44. The Balaban J connectivity index is 1.55. The van der Waals surface area contributed by atoms with E-state index in [4.69, 9.17) is 4.74 Å². The molecule has 0 radical (unpaired) electrons. The lowest BCUT2D eigenvalue weighted by atomic mass is 10.1. The highest BCUT2D eigenvalue weighted by atomic mass is 19.1. The van der Waals surface area contributed by atoms with E-state index in [0.29, 0.717) is 44.6 Å². The maximum atomic E-state index is 13.7. The summed E-state index contributed by atoms with van der Waals surface area (Å²) in [5, 5.41) is 1.12. The first-order valence-electron chi connectivity index (χ1n) is 12.9. The molecule has 0 saturated heterocycles. The number of aromatic nitrogens is 1. The Labute approximate surface area is 223 Å². The van der Waals surface area contributed by atoms with Gasteiger partial charge in [0, 0.05) is 56.0 Å². The fourth-order valence-electron chi connectivity index (χ4n) is 4.59. The zero-order chi connectivity index (χ0) is 26.9. The molecule has 2 amide bonds. The van der Waals surface area contributed by atoms with E-state index in [-0.39, 0.29) is 24.2 Å². The molecule has 1 N–H and O–H groups in total. The number of hydrogen-bond donors (Lipinski definition) is 1. The van der Waals surface area contributed by atoms with Crippen molar-refractivity contribution in [1.82, 2.24) is 14.8 Å². The number of rotatable bonds is 12. The standard InChI is InChI=1S/C31H34FN3O3/c1-23-8-3-4-9-27(23)31(37)35(17-7-19-38-2)22-30(36)34(21-24-12-14-26(32)15-13-24)18-16-25-20-33-29-11-6-5-10-28(25)29/h3-6,8-15,20,33H,7,16-19,21-22H2,1-2H3. The SMILES string of the molecule is COCCCN(CC(=O)N(CCc1c[nH]c2ccccc12)Cc1ccc(F)cc1)C(=O)c1ccccc1C. The molecule has 0 atom stereocenters. The first-order chi connectivity index (χ1) is 18.5. The summed E-state index contributed by atoms with van der Waals surface area (Å²) in [6, 6.07) is 21.6. The number of ether oxygens (including phenoxy) is 1. The van der Waals surface area contributed by atoms with Crippen molar-refractivity contribution in [2.24, 2.45) is 0 Å². The van der Waals surface area contributed by atoms with Crippen LogP contribution in [0.3, 0.4) is 0 Å². The van der Waals surface area contributed by atoms with Crippen LogP contribution >= 0.6 is 0 Å². The van der Waals surface area contributed by atoms with Gasteiger partial charge in [0.2, 0.25) is 5.91 Å². The van der Waals surface area contributed by atoms with Crippen molar-refractivity contribution in [2.75, 3.05) is 33.4 Å². The van der Waals surface area contributed by atoms with Crippen LogP contribution in [0.15, 0.2) is 79.0 Å². The van der Waals surface area contributed by atoms with Crippen LogP contribution in [-0.2, 0) is 22.5 Å². The van der Waals surface area contributed by atoms with Gasteiger partial charge in [-0.15, -0.1) is 0 Å². The van der Waals surface area contributed by atoms with E-state index in [1.165, 1.54) is 12.1 Å². The molecule has 0 saturated carbocycles. The van der Waals surface area contributed by atoms with Gasteiger partial charge in [-0.1, -0.05) is 48.5 Å². The summed E-state index contributed by atoms with van der Waals surface area (Å²) in [5.41, 5.74) is 4.44. The molecule has 0 aliphatic heterocycles. The van der Waals surface area contributed by atoms with Crippen LogP contribution in [0.1, 0.15) is 33.5 Å². The van der Waals surface area contributed by atoms with Crippen molar-refractivity contribution in [3.8, 4) is 0 Å². The molecule has 0 spiro atoms. The molecular formula is C31H34FN3O3. The number of nitrogens with one attached hydrogen (secondary N) is 1. The molecule has 7 heteroatoms. The molecule has 0 fully saturated rings. The second-order valence-corrected chi connectivity index (χ2v) is 9.44. The van der Waals surface area contributed by atoms with Crippen molar-refractivity contribution < 1.29 is 18.7 Å². The molecule has 38 heavy (non-hydrogen) atoms. The summed E-state index contributed by atoms with van der Waals surface area (Å²) in [6.45, 7) is 3.52. The summed E-state index contributed by atoms with van der Waals surface area (Å²) in [5.74, 6) is -0.655. The predicted molar refractivity (Wildman–Crippen MR) is 147 cm³/mol. The number of methoxy groups -OCH3 is 1. The molecule has 0 bridgehead atoms. The van der Waals surface area contributed by atoms with Crippen LogP contribution in [0.5, 0.6) is 0 Å². The second-order valence-electron chi connectivity index (χ2n) is 9.44. The molecule has 4 rings (SSSR count). The number of carbonyl (C=O) groups is 2. The molecule has 6 nitrogen and oxygen atoms in total. The Kier molecular flexibility index (Phi) is 9.27. The fraction of sp³-hybridized carbons (Fsp3) is 0.290. The highest BCUT2D eigenvalue weighted by Gasteiger charge is 2.23. The van der Waals surface area contributed by atoms with Gasteiger partial charge in [0.05, 0.1) is 0 Å². The highest BCUT2D eigenvalue weighted by molar-refractivity contribution is 5.97. The lowest BCUT2D eigenvalue weighted by molar-refractivity contribution is -0.132. The molecule has 1 heterocycles. The Morgan fingerprint density at radius 2 is 1.66 bits per heavy atom. The van der Waals surface area contributed by atoms with Crippen molar-refractivity contribution in [3.05, 3.63) is 107 Å². The zero-order valence-corrected chi connectivity index (χ0v) is 22.0. The zero-order valence-electron chi connectivity index (χ0n) is 22.0. The van der Waals surface area contributed by atoms with E-state index >= 15 is 0 Å². The molecule has 0 unspecified atom stereocenters. The monoisotopic (exact) mass is 515 g/mol. The van der Waals surface area contributed by atoms with E-state index in [1.54, 1.807) is 35.1 Å². The van der Waals surface area contributed by atoms with Crippen LogP contribution in [0.2, 0.25) is 0 Å². The van der Waals surface area contributed by atoms with E-state index in [2.05, 4.69) is 11.1 Å². The lowest BCUT2D eigenvalue weighted by Gasteiger charge is -2.28. The average molecular weight is 516 g/mol. The minimum Gasteiger partial charge on any atom is -0.385 e. The number of carbonyl (C=O) groups excluding carboxylic acids is 2. The maximum Gasteiger partial charge on any atom is 0.254 e. The van der Waals surface area contributed by atoms with Crippen molar-refractivity contribution in [1.29, 1.82) is 0 Å². The van der Waals surface area contributed by atoms with E-state index in [9.17, 15) is 14.0 Å². The third kappa shape index (κ3) is 6.86. The minimum atomic E-state index is -0.321. The van der Waals surface area contributed by atoms with Crippen LogP contribution in [0.25, 0.3) is 10.9 Å². The van der Waals surface area contributed by atoms with Gasteiger partial charge in [0.15, 0.2) is 0 Å². The van der Waals surface area contributed by atoms with Crippen LogP contribution in [0.4, 0.5) is 4.39 Å². The third-order valence-electron chi connectivity index (χ3n) is 6.73. The van der Waals surface area contributed by atoms with Crippen LogP contribution < -0.4 is 0 Å². The Morgan fingerprint density at radius 3 is 2.42 bits per heavy atom. The van der Waals surface area contributed by atoms with Gasteiger partial charge < -0.3 is 19.5 Å². The van der Waals surface area contributed by atoms with Gasteiger partial charge >= 0.3 is 0 Å². The van der Waals surface area contributed by atoms with Crippen molar-refractivity contribution in [3.63, 3.8) is 0 Å². The molecule has 3 aromatic carbocycles. The quantitative estimate of drug-likeness (QED) is 0.258. The Bertz CT molecular complexity index is 1370. The Hall–Kier alpha value is -3.97. The first-order valence-corrected chi connectivity index (χ1v) is 12.9. The number of aromatic amines is 1. The number of aryl methyl sites for hydroxylation is 1. The topological polar surface area (TPSA) is 65.6 Å². The minimum absolute atomic E-state index is 0.0496. The number of halogens is 1. The summed E-state index contributed by atoms with van der Waals surface area (Å²) < 4.78 is 18.7. The van der Waals surface area contributed by atoms with Crippen molar-refractivity contribution in [2.45, 2.75) is 26.3 Å². The third-order valence-corrected chi connectivity index (χ3v) is 6.73. The smallest absolute Gasteiger partial charge is 0.254 e. The molecular weight excluding hydrogens is 481 g/mol. The summed E-state index contributed by atoms with van der Waals surface area (Å²) in [6.07, 6.45) is 3.24. The number of para-hydroxylation sites is 1. The predicted octanol–water partition coefficient (Wildman–Crippen LogP) is 5.37.